The zero-order valence-electron chi connectivity index (χ0n) is 15.2. The molecule has 1 aliphatic rings. The van der Waals surface area contributed by atoms with E-state index >= 15 is 0 Å². The quantitative estimate of drug-likeness (QED) is 0.799. The summed E-state index contributed by atoms with van der Waals surface area (Å²) in [7, 11) is 1.70. The lowest BCUT2D eigenvalue weighted by Gasteiger charge is -2.38. The minimum Gasteiger partial charge on any atom is -0.508 e. The molecule has 2 aromatic rings. The van der Waals surface area contributed by atoms with Gasteiger partial charge in [0.2, 0.25) is 0 Å². The Balaban J connectivity index is 1.85. The molecule has 0 heterocycles. The number of phenols is 1. The second-order valence-electron chi connectivity index (χ2n) is 7.07. The summed E-state index contributed by atoms with van der Waals surface area (Å²) in [6.07, 6.45) is 6.17. The zero-order valence-corrected chi connectivity index (χ0v) is 15.2. The maximum absolute atomic E-state index is 9.64. The lowest BCUT2D eigenvalue weighted by molar-refractivity contribution is 0.0716. The van der Waals surface area contributed by atoms with Crippen molar-refractivity contribution in [2.24, 2.45) is 0 Å². The van der Waals surface area contributed by atoms with Gasteiger partial charge < -0.3 is 14.6 Å². The van der Waals surface area contributed by atoms with Crippen LogP contribution in [0.15, 0.2) is 48.5 Å². The highest BCUT2D eigenvalue weighted by atomic mass is 16.5. The number of benzene rings is 2. The van der Waals surface area contributed by atoms with Crippen molar-refractivity contribution in [2.45, 2.75) is 50.5 Å². The summed E-state index contributed by atoms with van der Waals surface area (Å²) in [4.78, 5) is 0. The summed E-state index contributed by atoms with van der Waals surface area (Å²) in [5.41, 5.74) is 2.68. The predicted octanol–water partition coefficient (Wildman–Crippen LogP) is 5.06. The fraction of sp³-hybridized carbons (Fsp3) is 0.455. The van der Waals surface area contributed by atoms with Crippen LogP contribution in [0, 0.1) is 0 Å². The molecule has 3 rings (SSSR count). The summed E-state index contributed by atoms with van der Waals surface area (Å²) in [5.74, 6) is 1.20. The molecule has 1 N–H and O–H groups in total. The normalized spacial score (nSPS) is 17.8. The molecule has 2 aromatic carbocycles. The zero-order chi connectivity index (χ0) is 17.7. The molecule has 1 saturated carbocycles. The van der Waals surface area contributed by atoms with Crippen molar-refractivity contribution in [2.75, 3.05) is 13.7 Å². The van der Waals surface area contributed by atoms with E-state index in [4.69, 9.17) is 9.47 Å². The Hall–Kier alpha value is -2.00. The average molecular weight is 340 g/mol. The molecule has 1 aliphatic carbocycles. The second-order valence-corrected chi connectivity index (χ2v) is 7.07. The Bertz CT molecular complexity index is 655. The van der Waals surface area contributed by atoms with Crippen LogP contribution in [0.3, 0.4) is 0 Å². The molecule has 3 heteroatoms. The first-order chi connectivity index (χ1) is 12.1. The molecular formula is C22H28O3. The van der Waals surface area contributed by atoms with Crippen molar-refractivity contribution in [1.29, 1.82) is 0 Å². The van der Waals surface area contributed by atoms with Crippen molar-refractivity contribution in [3.05, 3.63) is 59.7 Å². The van der Waals surface area contributed by atoms with Gasteiger partial charge >= 0.3 is 0 Å². The number of phenolic OH excluding ortho intramolecular Hbond substituents is 1. The van der Waals surface area contributed by atoms with E-state index in [0.717, 1.165) is 18.6 Å². The highest BCUT2D eigenvalue weighted by Gasteiger charge is 2.35. The first kappa shape index (κ1) is 17.8. The molecule has 0 amide bonds. The molecule has 0 aromatic heterocycles. The minimum atomic E-state index is 0.0459. The summed E-state index contributed by atoms with van der Waals surface area (Å²) in [6.45, 7) is 2.55. The number of hydrogen-bond acceptors (Lipinski definition) is 3. The van der Waals surface area contributed by atoms with Crippen LogP contribution >= 0.6 is 0 Å². The van der Waals surface area contributed by atoms with Crippen LogP contribution in [0.4, 0.5) is 0 Å². The first-order valence-electron chi connectivity index (χ1n) is 9.20. The molecule has 0 bridgehead atoms. The van der Waals surface area contributed by atoms with Crippen molar-refractivity contribution >= 4 is 0 Å². The van der Waals surface area contributed by atoms with Crippen LogP contribution < -0.4 is 4.74 Å². The van der Waals surface area contributed by atoms with Crippen molar-refractivity contribution in [3.63, 3.8) is 0 Å². The molecule has 3 nitrogen and oxygen atoms in total. The summed E-state index contributed by atoms with van der Waals surface area (Å²) >= 11 is 0. The van der Waals surface area contributed by atoms with Gasteiger partial charge in [0.1, 0.15) is 18.1 Å². The van der Waals surface area contributed by atoms with Crippen molar-refractivity contribution in [1.82, 2.24) is 0 Å². The fourth-order valence-corrected chi connectivity index (χ4v) is 3.83. The number of ether oxygens (including phenoxy) is 2. The molecule has 1 atom stereocenters. The first-order valence-corrected chi connectivity index (χ1v) is 9.20. The third-order valence-corrected chi connectivity index (χ3v) is 5.42. The maximum atomic E-state index is 9.64. The molecule has 0 radical (unpaired) electrons. The Morgan fingerprint density at radius 2 is 1.48 bits per heavy atom. The van der Waals surface area contributed by atoms with Gasteiger partial charge in [-0.3, -0.25) is 0 Å². The number of aromatic hydroxyl groups is 1. The Labute approximate surface area is 150 Å². The van der Waals surface area contributed by atoms with Gasteiger partial charge in [-0.15, -0.1) is 0 Å². The third-order valence-electron chi connectivity index (χ3n) is 5.42. The van der Waals surface area contributed by atoms with Gasteiger partial charge in [-0.05, 0) is 55.2 Å². The number of rotatable bonds is 6. The van der Waals surface area contributed by atoms with Crippen LogP contribution in [-0.2, 0) is 10.2 Å². The van der Waals surface area contributed by atoms with Crippen molar-refractivity contribution < 1.29 is 14.6 Å². The van der Waals surface area contributed by atoms with E-state index in [9.17, 15) is 5.11 Å². The lowest BCUT2D eigenvalue weighted by atomic mass is 9.65. The van der Waals surface area contributed by atoms with Gasteiger partial charge in [-0.2, -0.15) is 0 Å². The molecule has 1 fully saturated rings. The van der Waals surface area contributed by atoms with Gasteiger partial charge in [0, 0.05) is 12.5 Å². The average Bonchev–Trinajstić information content (AvgIpc) is 2.67. The molecule has 25 heavy (non-hydrogen) atoms. The Morgan fingerprint density at radius 1 is 0.920 bits per heavy atom. The largest absolute Gasteiger partial charge is 0.508 e. The second kappa shape index (κ2) is 7.92. The van der Waals surface area contributed by atoms with Gasteiger partial charge in [-0.25, -0.2) is 0 Å². The topological polar surface area (TPSA) is 38.7 Å². The lowest BCUT2D eigenvalue weighted by Crippen LogP contribution is -2.30. The molecule has 0 spiro atoms. The molecule has 0 aliphatic heterocycles. The minimum absolute atomic E-state index is 0.0459. The van der Waals surface area contributed by atoms with Crippen LogP contribution in [-0.4, -0.2) is 24.9 Å². The fourth-order valence-electron chi connectivity index (χ4n) is 3.83. The Morgan fingerprint density at radius 3 is 2.04 bits per heavy atom. The van der Waals surface area contributed by atoms with Crippen molar-refractivity contribution in [3.8, 4) is 11.5 Å². The van der Waals surface area contributed by atoms with Crippen LogP contribution in [0.25, 0.3) is 0 Å². The maximum Gasteiger partial charge on any atom is 0.119 e. The number of hydrogen-bond donors (Lipinski definition) is 1. The van der Waals surface area contributed by atoms with Gasteiger partial charge in [0.15, 0.2) is 0 Å². The molecule has 1 unspecified atom stereocenters. The van der Waals surface area contributed by atoms with Gasteiger partial charge in [-0.1, -0.05) is 43.5 Å². The van der Waals surface area contributed by atoms with E-state index in [1.807, 2.05) is 6.92 Å². The van der Waals surface area contributed by atoms with Gasteiger partial charge in [0.05, 0.1) is 6.10 Å². The summed E-state index contributed by atoms with van der Waals surface area (Å²) in [5, 5.41) is 9.64. The summed E-state index contributed by atoms with van der Waals surface area (Å²) in [6, 6.07) is 16.3. The monoisotopic (exact) mass is 340 g/mol. The summed E-state index contributed by atoms with van der Waals surface area (Å²) < 4.78 is 11.0. The highest BCUT2D eigenvalue weighted by Crippen LogP contribution is 2.45. The van der Waals surface area contributed by atoms with Crippen LogP contribution in [0.1, 0.15) is 50.2 Å². The predicted molar refractivity (Wildman–Crippen MR) is 100 cm³/mol. The van der Waals surface area contributed by atoms with E-state index in [2.05, 4.69) is 36.4 Å². The van der Waals surface area contributed by atoms with E-state index in [1.165, 1.54) is 30.4 Å². The molecule has 0 saturated heterocycles. The molecule has 134 valence electrons. The molecular weight excluding hydrogens is 312 g/mol. The number of methoxy groups -OCH3 is 1. The third kappa shape index (κ3) is 3.98. The van der Waals surface area contributed by atoms with E-state index in [1.54, 1.807) is 19.2 Å². The van der Waals surface area contributed by atoms with Crippen LogP contribution in [0.5, 0.6) is 11.5 Å². The standard InChI is InChI=1S/C22H28O3/c1-17(24-2)16-25-21-12-8-19(9-13-21)22(14-4-3-5-15-22)18-6-10-20(23)11-7-18/h6-13,17,23H,3-5,14-16H2,1-2H3. The highest BCUT2D eigenvalue weighted by molar-refractivity contribution is 5.43. The van der Waals surface area contributed by atoms with E-state index in [-0.39, 0.29) is 11.5 Å². The smallest absolute Gasteiger partial charge is 0.119 e. The van der Waals surface area contributed by atoms with E-state index in [0.29, 0.717) is 12.4 Å². The Kier molecular flexibility index (Phi) is 5.64. The van der Waals surface area contributed by atoms with E-state index < -0.39 is 0 Å². The van der Waals surface area contributed by atoms with Crippen LogP contribution in [0.2, 0.25) is 0 Å². The SMILES string of the molecule is COC(C)COc1ccc(C2(c3ccc(O)cc3)CCCCC2)cc1. The van der Waals surface area contributed by atoms with Gasteiger partial charge in [0.25, 0.3) is 0 Å².